The largest absolute Gasteiger partial charge is 0.366 e. The molecule has 0 saturated heterocycles. The maximum Gasteiger partial charge on any atom is 0.248 e. The topological polar surface area (TPSA) is 98.2 Å². The van der Waals surface area contributed by atoms with E-state index in [4.69, 9.17) is 11.5 Å². The number of nitrogens with one attached hydrogen (secondary N) is 1. The lowest BCUT2D eigenvalue weighted by atomic mass is 10.2. The van der Waals surface area contributed by atoms with Gasteiger partial charge in [0.25, 0.3) is 0 Å². The van der Waals surface area contributed by atoms with Crippen molar-refractivity contribution in [1.29, 1.82) is 0 Å². The molecule has 0 unspecified atom stereocenters. The van der Waals surface area contributed by atoms with Crippen LogP contribution in [0.5, 0.6) is 0 Å². The lowest BCUT2D eigenvalue weighted by Crippen LogP contribution is -2.32. The molecule has 2 amide bonds. The molecule has 0 fully saturated rings. The average molecular weight is 207 g/mol. The van der Waals surface area contributed by atoms with Gasteiger partial charge in [0.1, 0.15) is 0 Å². The maximum absolute atomic E-state index is 11.2. The summed E-state index contributed by atoms with van der Waals surface area (Å²) in [6.07, 6.45) is 0. The van der Waals surface area contributed by atoms with Gasteiger partial charge in [0.05, 0.1) is 6.04 Å². The minimum atomic E-state index is -0.569. The Morgan fingerprint density at radius 1 is 1.27 bits per heavy atom. The summed E-state index contributed by atoms with van der Waals surface area (Å²) in [4.78, 5) is 22.0. The highest BCUT2D eigenvalue weighted by Gasteiger charge is 2.07. The first-order valence-electron chi connectivity index (χ1n) is 4.47. The van der Waals surface area contributed by atoms with Crippen LogP contribution in [0.2, 0.25) is 0 Å². The van der Waals surface area contributed by atoms with E-state index in [1.807, 2.05) is 0 Å². The highest BCUT2D eigenvalue weighted by atomic mass is 16.2. The monoisotopic (exact) mass is 207 g/mol. The highest BCUT2D eigenvalue weighted by molar-refractivity contribution is 5.96. The van der Waals surface area contributed by atoms with Crippen LogP contribution in [0.15, 0.2) is 24.3 Å². The zero-order chi connectivity index (χ0) is 11.4. The molecule has 1 atom stereocenters. The number of amides is 2. The summed E-state index contributed by atoms with van der Waals surface area (Å²) < 4.78 is 0. The van der Waals surface area contributed by atoms with Gasteiger partial charge in [-0.25, -0.2) is 0 Å². The molecule has 0 aliphatic heterocycles. The quantitative estimate of drug-likeness (QED) is 0.654. The number of hydrogen-bond acceptors (Lipinski definition) is 3. The summed E-state index contributed by atoms with van der Waals surface area (Å²) in [5, 5.41) is 2.59. The summed E-state index contributed by atoms with van der Waals surface area (Å²) in [6.45, 7) is 1.59. The van der Waals surface area contributed by atoms with Gasteiger partial charge in [-0.3, -0.25) is 9.59 Å². The van der Waals surface area contributed by atoms with Gasteiger partial charge in [-0.2, -0.15) is 0 Å². The van der Waals surface area contributed by atoms with E-state index in [0.29, 0.717) is 11.3 Å². The van der Waals surface area contributed by atoms with Crippen LogP contribution in [0.3, 0.4) is 0 Å². The van der Waals surface area contributed by atoms with E-state index in [0.717, 1.165) is 0 Å². The van der Waals surface area contributed by atoms with Gasteiger partial charge in [-0.1, -0.05) is 0 Å². The zero-order valence-electron chi connectivity index (χ0n) is 8.36. The third kappa shape index (κ3) is 3.07. The Hall–Kier alpha value is -1.88. The minimum Gasteiger partial charge on any atom is -0.366 e. The molecule has 0 saturated carbocycles. The Bertz CT molecular complexity index is 371. The van der Waals surface area contributed by atoms with E-state index >= 15 is 0 Å². The molecule has 0 aromatic heterocycles. The molecule has 1 aromatic rings. The Balaban J connectivity index is 2.73. The van der Waals surface area contributed by atoms with E-state index in [1.165, 1.54) is 0 Å². The third-order valence-corrected chi connectivity index (χ3v) is 1.85. The molecule has 0 heterocycles. The van der Waals surface area contributed by atoms with Crippen LogP contribution in [0.25, 0.3) is 0 Å². The first kappa shape index (κ1) is 11.2. The van der Waals surface area contributed by atoms with Gasteiger partial charge < -0.3 is 16.8 Å². The summed E-state index contributed by atoms with van der Waals surface area (Å²) >= 11 is 0. The van der Waals surface area contributed by atoms with Crippen molar-refractivity contribution in [2.75, 3.05) is 5.32 Å². The van der Waals surface area contributed by atoms with Crippen molar-refractivity contribution in [1.82, 2.24) is 0 Å². The molecule has 1 aromatic carbocycles. The lowest BCUT2D eigenvalue weighted by molar-refractivity contribution is -0.117. The van der Waals surface area contributed by atoms with Crippen molar-refractivity contribution in [2.45, 2.75) is 13.0 Å². The Kier molecular flexibility index (Phi) is 3.41. The smallest absolute Gasteiger partial charge is 0.248 e. The summed E-state index contributed by atoms with van der Waals surface area (Å²) in [5.41, 5.74) is 11.4. The van der Waals surface area contributed by atoms with Crippen LogP contribution in [-0.4, -0.2) is 17.9 Å². The van der Waals surface area contributed by atoms with E-state index in [1.54, 1.807) is 31.2 Å². The van der Waals surface area contributed by atoms with Crippen molar-refractivity contribution in [3.05, 3.63) is 29.8 Å². The fourth-order valence-electron chi connectivity index (χ4n) is 0.974. The van der Waals surface area contributed by atoms with Gasteiger partial charge in [-0.15, -0.1) is 0 Å². The minimum absolute atomic E-state index is 0.276. The fourth-order valence-corrected chi connectivity index (χ4v) is 0.974. The van der Waals surface area contributed by atoms with Crippen LogP contribution in [0, 0.1) is 0 Å². The molecule has 5 nitrogen and oxygen atoms in total. The molecule has 5 N–H and O–H groups in total. The van der Waals surface area contributed by atoms with Crippen LogP contribution in [0.4, 0.5) is 5.69 Å². The molecule has 15 heavy (non-hydrogen) atoms. The molecule has 0 aliphatic carbocycles. The third-order valence-electron chi connectivity index (χ3n) is 1.85. The number of carbonyl (C=O) groups excluding carboxylic acids is 2. The van der Waals surface area contributed by atoms with Crippen molar-refractivity contribution in [2.24, 2.45) is 11.5 Å². The molecule has 0 spiro atoms. The Morgan fingerprint density at radius 3 is 2.20 bits per heavy atom. The number of benzene rings is 1. The second-order valence-electron chi connectivity index (χ2n) is 3.22. The molecule has 80 valence electrons. The summed E-state index contributed by atoms with van der Waals surface area (Å²) in [5.74, 6) is -0.776. The normalized spacial score (nSPS) is 11.9. The van der Waals surface area contributed by atoms with Gasteiger partial charge >= 0.3 is 0 Å². The van der Waals surface area contributed by atoms with Crippen LogP contribution < -0.4 is 16.8 Å². The highest BCUT2D eigenvalue weighted by Crippen LogP contribution is 2.09. The van der Waals surface area contributed by atoms with E-state index in [9.17, 15) is 9.59 Å². The molecule has 0 bridgehead atoms. The second kappa shape index (κ2) is 4.56. The lowest BCUT2D eigenvalue weighted by Gasteiger charge is -2.07. The predicted octanol–water partition coefficient (Wildman–Crippen LogP) is 0.0712. The average Bonchev–Trinajstić information content (AvgIpc) is 2.18. The zero-order valence-corrected chi connectivity index (χ0v) is 8.36. The first-order valence-corrected chi connectivity index (χ1v) is 4.47. The van der Waals surface area contributed by atoms with Gasteiger partial charge in [0.15, 0.2) is 0 Å². The van der Waals surface area contributed by atoms with Gasteiger partial charge in [-0.05, 0) is 31.2 Å². The van der Waals surface area contributed by atoms with Crippen LogP contribution in [0.1, 0.15) is 17.3 Å². The SMILES string of the molecule is C[C@H](N)C(=O)Nc1ccc(C(N)=O)cc1. The van der Waals surface area contributed by atoms with E-state index in [2.05, 4.69) is 5.32 Å². The van der Waals surface area contributed by atoms with Crippen molar-refractivity contribution in [3.63, 3.8) is 0 Å². The van der Waals surface area contributed by atoms with Crippen LogP contribution in [-0.2, 0) is 4.79 Å². The maximum atomic E-state index is 11.2. The predicted molar refractivity (Wildman–Crippen MR) is 57.2 cm³/mol. The molecule has 1 rings (SSSR count). The van der Waals surface area contributed by atoms with Crippen LogP contribution >= 0.6 is 0 Å². The fraction of sp³-hybridized carbons (Fsp3) is 0.200. The van der Waals surface area contributed by atoms with E-state index < -0.39 is 11.9 Å². The van der Waals surface area contributed by atoms with Crippen molar-refractivity contribution < 1.29 is 9.59 Å². The molecular formula is C10H13N3O2. The number of carbonyl (C=O) groups is 2. The summed E-state index contributed by atoms with van der Waals surface area (Å²) in [7, 11) is 0. The van der Waals surface area contributed by atoms with Crippen molar-refractivity contribution in [3.8, 4) is 0 Å². The molecule has 0 aliphatic rings. The summed E-state index contributed by atoms with van der Waals surface area (Å²) in [6, 6.07) is 5.71. The standard InChI is InChI=1S/C10H13N3O2/c1-6(11)10(15)13-8-4-2-7(3-5-8)9(12)14/h2-6H,11H2,1H3,(H2,12,14)(H,13,15)/t6-/m0/s1. The number of nitrogens with two attached hydrogens (primary N) is 2. The molecule has 5 heteroatoms. The van der Waals surface area contributed by atoms with Crippen molar-refractivity contribution >= 4 is 17.5 Å². The van der Waals surface area contributed by atoms with Gasteiger partial charge in [0, 0.05) is 11.3 Å². The molecule has 0 radical (unpaired) electrons. The Morgan fingerprint density at radius 2 is 1.80 bits per heavy atom. The number of primary amides is 1. The molecular weight excluding hydrogens is 194 g/mol. The Labute approximate surface area is 87.4 Å². The van der Waals surface area contributed by atoms with Gasteiger partial charge in [0.2, 0.25) is 11.8 Å². The number of rotatable bonds is 3. The van der Waals surface area contributed by atoms with E-state index in [-0.39, 0.29) is 5.91 Å². The first-order chi connectivity index (χ1) is 7.00. The second-order valence-corrected chi connectivity index (χ2v) is 3.22. The number of anilines is 1. The number of hydrogen-bond donors (Lipinski definition) is 3.